The summed E-state index contributed by atoms with van der Waals surface area (Å²) in [5.74, 6) is -0.574. The molecule has 1 aliphatic rings. The van der Waals surface area contributed by atoms with E-state index in [-0.39, 0.29) is 18.2 Å². The summed E-state index contributed by atoms with van der Waals surface area (Å²) in [7, 11) is 0. The fraction of sp³-hybridized carbons (Fsp3) is 0.278. The van der Waals surface area contributed by atoms with E-state index in [1.54, 1.807) is 25.4 Å². The third-order valence-electron chi connectivity index (χ3n) is 4.27. The van der Waals surface area contributed by atoms with Gasteiger partial charge in [0.15, 0.2) is 5.54 Å². The Hall–Kier alpha value is -3.28. The van der Waals surface area contributed by atoms with E-state index in [1.807, 2.05) is 6.07 Å². The average molecular weight is 373 g/mol. The molecule has 0 saturated carbocycles. The maximum Gasteiger partial charge on any atom is 0.417 e. The molecule has 0 saturated heterocycles. The van der Waals surface area contributed by atoms with Crippen LogP contribution in [0.4, 0.5) is 18.9 Å². The van der Waals surface area contributed by atoms with Crippen LogP contribution in [0.15, 0.2) is 53.0 Å². The Bertz CT molecular complexity index is 936. The molecule has 1 amide bonds. The monoisotopic (exact) mass is 373 g/mol. The molecule has 1 N–H and O–H groups in total. The first kappa shape index (κ1) is 18.5. The minimum Gasteiger partial charge on any atom is -0.324 e. The number of halogens is 3. The Kier molecular flexibility index (Phi) is 4.66. The van der Waals surface area contributed by atoms with Crippen molar-refractivity contribution in [3.8, 4) is 6.07 Å². The summed E-state index contributed by atoms with van der Waals surface area (Å²) in [6.45, 7) is 1.57. The lowest BCUT2D eigenvalue weighted by Gasteiger charge is -2.20. The Morgan fingerprint density at radius 1 is 1.37 bits per heavy atom. The molecule has 0 fully saturated rings. The van der Waals surface area contributed by atoms with Gasteiger partial charge in [0.1, 0.15) is 6.04 Å². The predicted molar refractivity (Wildman–Crippen MR) is 89.6 cm³/mol. The highest BCUT2D eigenvalue weighted by molar-refractivity contribution is 5.98. The number of nitriles is 1. The lowest BCUT2D eigenvalue weighted by atomic mass is 9.92. The van der Waals surface area contributed by atoms with E-state index in [0.29, 0.717) is 0 Å². The number of nitrogens with zero attached hydrogens (tertiary/aromatic N) is 4. The molecule has 1 aromatic carbocycles. The van der Waals surface area contributed by atoms with E-state index in [0.717, 1.165) is 17.7 Å². The van der Waals surface area contributed by atoms with Crippen LogP contribution in [0.2, 0.25) is 0 Å². The molecule has 2 heterocycles. The number of aromatic nitrogens is 1. The van der Waals surface area contributed by atoms with Gasteiger partial charge in [0, 0.05) is 24.5 Å². The molecule has 0 spiro atoms. The average Bonchev–Trinajstić information content (AvgIpc) is 3.05. The number of nitrogens with one attached hydrogen (secondary N) is 1. The van der Waals surface area contributed by atoms with Gasteiger partial charge < -0.3 is 5.32 Å². The molecule has 2 unspecified atom stereocenters. The molecular formula is C18H14F3N5O. The quantitative estimate of drug-likeness (QED) is 0.871. The predicted octanol–water partition coefficient (Wildman–Crippen LogP) is 4.27. The number of carbonyl (C=O) groups excluding carboxylic acids is 1. The van der Waals surface area contributed by atoms with E-state index in [4.69, 9.17) is 5.26 Å². The van der Waals surface area contributed by atoms with Gasteiger partial charge in [-0.05, 0) is 36.8 Å². The van der Waals surface area contributed by atoms with E-state index in [9.17, 15) is 18.0 Å². The smallest absolute Gasteiger partial charge is 0.324 e. The van der Waals surface area contributed by atoms with Crippen LogP contribution in [0, 0.1) is 11.3 Å². The summed E-state index contributed by atoms with van der Waals surface area (Å²) >= 11 is 0. The van der Waals surface area contributed by atoms with Gasteiger partial charge in [0.05, 0.1) is 17.2 Å². The van der Waals surface area contributed by atoms with Gasteiger partial charge >= 0.3 is 6.18 Å². The zero-order valence-corrected chi connectivity index (χ0v) is 14.2. The van der Waals surface area contributed by atoms with Gasteiger partial charge in [-0.1, -0.05) is 6.07 Å². The van der Waals surface area contributed by atoms with Crippen molar-refractivity contribution in [2.45, 2.75) is 31.1 Å². The van der Waals surface area contributed by atoms with Crippen molar-refractivity contribution in [2.75, 3.05) is 5.32 Å². The summed E-state index contributed by atoms with van der Waals surface area (Å²) in [4.78, 5) is 16.6. The van der Waals surface area contributed by atoms with E-state index in [1.165, 1.54) is 12.1 Å². The molecule has 0 aliphatic carbocycles. The zero-order chi connectivity index (χ0) is 19.7. The number of hydrogen-bond acceptors (Lipinski definition) is 5. The first-order valence-electron chi connectivity index (χ1n) is 7.98. The van der Waals surface area contributed by atoms with Crippen molar-refractivity contribution in [1.82, 2.24) is 4.98 Å². The topological polar surface area (TPSA) is 90.5 Å². The second kappa shape index (κ2) is 6.79. The summed E-state index contributed by atoms with van der Waals surface area (Å²) in [6.07, 6.45) is -1.19. The van der Waals surface area contributed by atoms with Crippen LogP contribution in [0.3, 0.4) is 0 Å². The summed E-state index contributed by atoms with van der Waals surface area (Å²) in [6, 6.07) is 7.73. The summed E-state index contributed by atoms with van der Waals surface area (Å²) in [5, 5.41) is 19.4. The van der Waals surface area contributed by atoms with Crippen molar-refractivity contribution in [3.63, 3.8) is 0 Å². The van der Waals surface area contributed by atoms with Crippen LogP contribution < -0.4 is 5.32 Å². The third kappa shape index (κ3) is 3.79. The molecule has 2 atom stereocenters. The summed E-state index contributed by atoms with van der Waals surface area (Å²) < 4.78 is 39.2. The first-order chi connectivity index (χ1) is 12.7. The lowest BCUT2D eigenvalue weighted by molar-refractivity contribution is -0.137. The number of benzene rings is 1. The Labute approximate surface area is 152 Å². The highest BCUT2D eigenvalue weighted by Crippen LogP contribution is 2.38. The van der Waals surface area contributed by atoms with Crippen molar-refractivity contribution in [1.29, 1.82) is 5.26 Å². The van der Waals surface area contributed by atoms with Gasteiger partial charge in [0.2, 0.25) is 0 Å². The fourth-order valence-corrected chi connectivity index (χ4v) is 2.77. The van der Waals surface area contributed by atoms with Crippen LogP contribution in [0.25, 0.3) is 0 Å². The maximum absolute atomic E-state index is 13.1. The van der Waals surface area contributed by atoms with Gasteiger partial charge in [-0.3, -0.25) is 9.78 Å². The second-order valence-electron chi connectivity index (χ2n) is 6.32. The van der Waals surface area contributed by atoms with Crippen LogP contribution in [-0.4, -0.2) is 16.4 Å². The van der Waals surface area contributed by atoms with Gasteiger partial charge in [-0.2, -0.15) is 28.7 Å². The summed E-state index contributed by atoms with van der Waals surface area (Å²) in [5.41, 5.74) is -2.09. The highest BCUT2D eigenvalue weighted by Gasteiger charge is 2.41. The standard InChI is InChI=1S/C18H14F3N5O/c1-17(8-15(25-26-17)12-3-2-6-23-10-12)16(27)24-13-5-4-11(9-22)14(7-13)18(19,20)21/h2-7,10,15H,8H2,1H3,(H,24,27). The molecule has 0 bridgehead atoms. The van der Waals surface area contributed by atoms with Crippen molar-refractivity contribution >= 4 is 11.6 Å². The number of pyridine rings is 1. The Morgan fingerprint density at radius 2 is 2.15 bits per heavy atom. The Morgan fingerprint density at radius 3 is 2.78 bits per heavy atom. The number of azo groups is 1. The van der Waals surface area contributed by atoms with E-state index in [2.05, 4.69) is 20.5 Å². The number of amides is 1. The van der Waals surface area contributed by atoms with Crippen LogP contribution in [0.5, 0.6) is 0 Å². The molecule has 1 aliphatic heterocycles. The number of alkyl halides is 3. The molecule has 9 heteroatoms. The number of hydrogen-bond donors (Lipinski definition) is 1. The molecule has 0 radical (unpaired) electrons. The van der Waals surface area contributed by atoms with Crippen LogP contribution in [0.1, 0.15) is 36.1 Å². The molecule has 138 valence electrons. The normalized spacial score (nSPS) is 21.7. The van der Waals surface area contributed by atoms with Crippen LogP contribution in [-0.2, 0) is 11.0 Å². The van der Waals surface area contributed by atoms with Gasteiger partial charge in [-0.15, -0.1) is 0 Å². The van der Waals surface area contributed by atoms with Gasteiger partial charge in [0.25, 0.3) is 5.91 Å². The lowest BCUT2D eigenvalue weighted by Crippen LogP contribution is -2.37. The molecule has 2 aromatic rings. The van der Waals surface area contributed by atoms with Crippen LogP contribution >= 0.6 is 0 Å². The molecule has 1 aromatic heterocycles. The largest absolute Gasteiger partial charge is 0.417 e. The minimum absolute atomic E-state index is 0.0624. The SMILES string of the molecule is CC1(C(=O)Nc2ccc(C#N)c(C(F)(F)F)c2)CC(c2cccnc2)N=N1. The van der Waals surface area contributed by atoms with Crippen molar-refractivity contribution in [2.24, 2.45) is 10.2 Å². The molecule has 6 nitrogen and oxygen atoms in total. The number of anilines is 1. The third-order valence-corrected chi connectivity index (χ3v) is 4.27. The second-order valence-corrected chi connectivity index (χ2v) is 6.32. The first-order valence-corrected chi connectivity index (χ1v) is 7.98. The zero-order valence-electron chi connectivity index (χ0n) is 14.2. The molecular weight excluding hydrogens is 359 g/mol. The van der Waals surface area contributed by atoms with Crippen molar-refractivity contribution in [3.05, 3.63) is 59.4 Å². The minimum atomic E-state index is -4.70. The Balaban J connectivity index is 1.78. The number of rotatable bonds is 3. The molecule has 27 heavy (non-hydrogen) atoms. The van der Waals surface area contributed by atoms with Crippen molar-refractivity contribution < 1.29 is 18.0 Å². The maximum atomic E-state index is 13.1. The number of carbonyl (C=O) groups is 1. The fourth-order valence-electron chi connectivity index (χ4n) is 2.77. The van der Waals surface area contributed by atoms with E-state index >= 15 is 0 Å². The van der Waals surface area contributed by atoms with E-state index < -0.39 is 28.7 Å². The highest BCUT2D eigenvalue weighted by atomic mass is 19.4. The van der Waals surface area contributed by atoms with Gasteiger partial charge in [-0.25, -0.2) is 0 Å². The molecule has 3 rings (SSSR count).